The lowest BCUT2D eigenvalue weighted by Crippen LogP contribution is -2.35. The lowest BCUT2D eigenvalue weighted by atomic mass is 10.0. The van der Waals surface area contributed by atoms with E-state index in [0.717, 1.165) is 10.0 Å². The first-order valence-electron chi connectivity index (χ1n) is 7.55. The van der Waals surface area contributed by atoms with Crippen LogP contribution in [0.25, 0.3) is 0 Å². The van der Waals surface area contributed by atoms with Gasteiger partial charge in [-0.1, -0.05) is 15.9 Å². The first-order valence-corrected chi connectivity index (χ1v) is 8.35. The predicted octanol–water partition coefficient (Wildman–Crippen LogP) is 4.25. The summed E-state index contributed by atoms with van der Waals surface area (Å²) < 4.78 is 13.9. The number of hydrogen-bond donors (Lipinski definition) is 2. The molecule has 0 aromatic heterocycles. The Bertz CT molecular complexity index is 801. The molecule has 0 saturated heterocycles. The van der Waals surface area contributed by atoms with Crippen LogP contribution >= 0.6 is 15.9 Å². The van der Waals surface area contributed by atoms with Gasteiger partial charge in [0.15, 0.2) is 0 Å². The van der Waals surface area contributed by atoms with E-state index in [1.54, 1.807) is 6.07 Å². The van der Waals surface area contributed by atoms with E-state index in [2.05, 4.69) is 26.6 Å². The van der Waals surface area contributed by atoms with Crippen LogP contribution in [-0.4, -0.2) is 11.8 Å². The summed E-state index contributed by atoms with van der Waals surface area (Å²) in [4.78, 5) is 25.0. The molecule has 4 nitrogen and oxygen atoms in total. The van der Waals surface area contributed by atoms with Gasteiger partial charge in [-0.15, -0.1) is 0 Å². The molecule has 1 aliphatic rings. The normalized spacial score (nSPS) is 14.8. The van der Waals surface area contributed by atoms with Crippen molar-refractivity contribution in [2.24, 2.45) is 5.41 Å². The fraction of sp³-hybridized carbons (Fsp3) is 0.222. The number of carbonyl (C=O) groups is 2. The summed E-state index contributed by atoms with van der Waals surface area (Å²) in [6.45, 7) is 1.92. The van der Waals surface area contributed by atoms with Gasteiger partial charge >= 0.3 is 0 Å². The van der Waals surface area contributed by atoms with E-state index in [9.17, 15) is 14.0 Å². The molecule has 2 N–H and O–H groups in total. The van der Waals surface area contributed by atoms with Gasteiger partial charge in [0.2, 0.25) is 11.8 Å². The molecule has 3 rings (SSSR count). The number of anilines is 2. The van der Waals surface area contributed by atoms with Gasteiger partial charge < -0.3 is 10.6 Å². The maximum Gasteiger partial charge on any atom is 0.240 e. The zero-order chi connectivity index (χ0) is 17.3. The van der Waals surface area contributed by atoms with Crippen molar-refractivity contribution in [1.82, 2.24) is 0 Å². The Morgan fingerprint density at radius 3 is 2.08 bits per heavy atom. The van der Waals surface area contributed by atoms with Gasteiger partial charge in [-0.25, -0.2) is 4.39 Å². The van der Waals surface area contributed by atoms with Crippen molar-refractivity contribution < 1.29 is 14.0 Å². The average Bonchev–Trinajstić information content (AvgIpc) is 3.35. The van der Waals surface area contributed by atoms with Crippen LogP contribution in [0.1, 0.15) is 18.4 Å². The molecule has 2 aromatic rings. The van der Waals surface area contributed by atoms with Crippen LogP contribution in [0.2, 0.25) is 0 Å². The van der Waals surface area contributed by atoms with E-state index in [0.29, 0.717) is 24.2 Å². The van der Waals surface area contributed by atoms with Crippen molar-refractivity contribution in [1.29, 1.82) is 0 Å². The molecule has 0 bridgehead atoms. The number of benzene rings is 2. The second-order valence-electron chi connectivity index (χ2n) is 5.96. The van der Waals surface area contributed by atoms with Crippen molar-refractivity contribution in [2.75, 3.05) is 10.6 Å². The van der Waals surface area contributed by atoms with Crippen LogP contribution in [0.5, 0.6) is 0 Å². The molecule has 2 aromatic carbocycles. The van der Waals surface area contributed by atoms with Crippen molar-refractivity contribution in [2.45, 2.75) is 19.8 Å². The monoisotopic (exact) mass is 390 g/mol. The highest BCUT2D eigenvalue weighted by atomic mass is 79.9. The standard InChI is InChI=1S/C18H16BrFN2O2/c1-11-10-14(6-7-15(11)19)22-17(24)18(8-9-18)16(23)21-13-4-2-12(20)3-5-13/h2-7,10H,8-9H2,1H3,(H,21,23)(H,22,24). The van der Waals surface area contributed by atoms with Crippen LogP contribution in [0, 0.1) is 18.2 Å². The minimum Gasteiger partial charge on any atom is -0.325 e. The quantitative estimate of drug-likeness (QED) is 0.766. The Labute approximate surface area is 147 Å². The zero-order valence-corrected chi connectivity index (χ0v) is 14.6. The number of nitrogens with one attached hydrogen (secondary N) is 2. The fourth-order valence-corrected chi connectivity index (χ4v) is 2.69. The highest BCUT2D eigenvalue weighted by Gasteiger charge is 2.56. The van der Waals surface area contributed by atoms with Crippen LogP contribution in [0.15, 0.2) is 46.9 Å². The van der Waals surface area contributed by atoms with Crippen LogP contribution in [0.3, 0.4) is 0 Å². The molecular weight excluding hydrogens is 375 g/mol. The molecule has 0 unspecified atom stereocenters. The van der Waals surface area contributed by atoms with Crippen LogP contribution in [-0.2, 0) is 9.59 Å². The maximum absolute atomic E-state index is 12.9. The number of aryl methyl sites for hydroxylation is 1. The van der Waals surface area contributed by atoms with E-state index >= 15 is 0 Å². The molecule has 124 valence electrons. The summed E-state index contributed by atoms with van der Waals surface area (Å²) in [5, 5.41) is 5.49. The minimum atomic E-state index is -1.05. The minimum absolute atomic E-state index is 0.316. The Morgan fingerprint density at radius 1 is 1.00 bits per heavy atom. The lowest BCUT2D eigenvalue weighted by molar-refractivity contribution is -0.131. The highest BCUT2D eigenvalue weighted by Crippen LogP contribution is 2.47. The van der Waals surface area contributed by atoms with E-state index < -0.39 is 5.41 Å². The van der Waals surface area contributed by atoms with Gasteiger partial charge in [0, 0.05) is 15.8 Å². The average molecular weight is 391 g/mol. The van der Waals surface area contributed by atoms with E-state index in [4.69, 9.17) is 0 Å². The number of rotatable bonds is 4. The third kappa shape index (κ3) is 3.33. The van der Waals surface area contributed by atoms with Crippen molar-refractivity contribution in [3.63, 3.8) is 0 Å². The first kappa shape index (κ1) is 16.6. The highest BCUT2D eigenvalue weighted by molar-refractivity contribution is 9.10. The van der Waals surface area contributed by atoms with Crippen molar-refractivity contribution in [3.05, 3.63) is 58.3 Å². The van der Waals surface area contributed by atoms with Gasteiger partial charge in [-0.05, 0) is 67.8 Å². The van der Waals surface area contributed by atoms with Gasteiger partial charge in [-0.2, -0.15) is 0 Å². The Balaban J connectivity index is 1.70. The summed E-state index contributed by atoms with van der Waals surface area (Å²) in [5.41, 5.74) is 1.07. The molecule has 24 heavy (non-hydrogen) atoms. The summed E-state index contributed by atoms with van der Waals surface area (Å²) >= 11 is 3.41. The topological polar surface area (TPSA) is 58.2 Å². The summed E-state index contributed by atoms with van der Waals surface area (Å²) in [6.07, 6.45) is 1.00. The predicted molar refractivity (Wildman–Crippen MR) is 94.2 cm³/mol. The number of amides is 2. The molecule has 1 saturated carbocycles. The third-order valence-electron chi connectivity index (χ3n) is 4.14. The lowest BCUT2D eigenvalue weighted by Gasteiger charge is -2.16. The second-order valence-corrected chi connectivity index (χ2v) is 6.82. The van der Waals surface area contributed by atoms with E-state index in [-0.39, 0.29) is 17.6 Å². The summed E-state index contributed by atoms with van der Waals surface area (Å²) in [5.74, 6) is -1.05. The molecule has 1 aliphatic carbocycles. The van der Waals surface area contributed by atoms with Gasteiger partial charge in [0.05, 0.1) is 0 Å². The number of halogens is 2. The van der Waals surface area contributed by atoms with E-state index in [1.807, 2.05) is 19.1 Å². The molecule has 0 atom stereocenters. The van der Waals surface area contributed by atoms with Crippen LogP contribution < -0.4 is 10.6 Å². The molecule has 0 radical (unpaired) electrons. The van der Waals surface area contributed by atoms with Gasteiger partial charge in [0.25, 0.3) is 0 Å². The fourth-order valence-electron chi connectivity index (χ4n) is 2.44. The molecular formula is C18H16BrFN2O2. The maximum atomic E-state index is 12.9. The summed E-state index contributed by atoms with van der Waals surface area (Å²) in [6, 6.07) is 10.9. The number of carbonyl (C=O) groups excluding carboxylic acids is 2. The first-order chi connectivity index (χ1) is 11.4. The van der Waals surface area contributed by atoms with E-state index in [1.165, 1.54) is 24.3 Å². The molecule has 6 heteroatoms. The largest absolute Gasteiger partial charge is 0.325 e. The molecule has 2 amide bonds. The third-order valence-corrected chi connectivity index (χ3v) is 5.03. The van der Waals surface area contributed by atoms with Gasteiger partial charge in [-0.3, -0.25) is 9.59 Å². The molecule has 1 fully saturated rings. The Kier molecular flexibility index (Phi) is 4.41. The Hall–Kier alpha value is -2.21. The zero-order valence-electron chi connectivity index (χ0n) is 13.0. The number of hydrogen-bond acceptors (Lipinski definition) is 2. The van der Waals surface area contributed by atoms with Gasteiger partial charge in [0.1, 0.15) is 11.2 Å². The summed E-state index contributed by atoms with van der Waals surface area (Å²) in [7, 11) is 0. The van der Waals surface area contributed by atoms with Crippen molar-refractivity contribution in [3.8, 4) is 0 Å². The van der Waals surface area contributed by atoms with Crippen LogP contribution in [0.4, 0.5) is 15.8 Å². The SMILES string of the molecule is Cc1cc(NC(=O)C2(C(=O)Nc3ccc(F)cc3)CC2)ccc1Br. The second kappa shape index (κ2) is 6.36. The smallest absolute Gasteiger partial charge is 0.240 e. The Morgan fingerprint density at radius 2 is 1.54 bits per heavy atom. The van der Waals surface area contributed by atoms with Crippen molar-refractivity contribution >= 4 is 39.1 Å². The molecule has 0 heterocycles. The molecule has 0 aliphatic heterocycles. The molecule has 0 spiro atoms.